The second kappa shape index (κ2) is 7.06. The van der Waals surface area contributed by atoms with Crippen LogP contribution in [0.2, 0.25) is 0 Å². The Morgan fingerprint density at radius 1 is 1.29 bits per heavy atom. The molecule has 2 fully saturated rings. The lowest BCUT2D eigenvalue weighted by Crippen LogP contribution is -2.43. The van der Waals surface area contributed by atoms with Gasteiger partial charge in [0.2, 0.25) is 0 Å². The molecule has 0 bridgehead atoms. The number of likely N-dealkylation sites (N-methyl/N-ethyl adjacent to an activating group) is 1. The fourth-order valence-electron chi connectivity index (χ4n) is 4.59. The Morgan fingerprint density at radius 3 is 2.68 bits per heavy atom. The van der Waals surface area contributed by atoms with Crippen LogP contribution < -0.4 is 4.74 Å². The van der Waals surface area contributed by atoms with E-state index in [0.29, 0.717) is 17.9 Å². The summed E-state index contributed by atoms with van der Waals surface area (Å²) in [5.41, 5.74) is 1.03. The first-order valence-corrected chi connectivity index (χ1v) is 11.2. The third-order valence-corrected chi connectivity index (χ3v) is 8.04. The normalized spacial score (nSPS) is 38.1. The van der Waals surface area contributed by atoms with E-state index in [0.717, 1.165) is 24.9 Å². The van der Waals surface area contributed by atoms with Crippen LogP contribution in [0.4, 0.5) is 0 Å². The molecule has 4 unspecified atom stereocenters. The van der Waals surface area contributed by atoms with E-state index in [1.807, 2.05) is 32.1 Å². The average Bonchev–Trinajstić information content (AvgIpc) is 3.12. The van der Waals surface area contributed by atoms with Gasteiger partial charge in [-0.1, -0.05) is 6.07 Å². The van der Waals surface area contributed by atoms with Crippen molar-refractivity contribution in [1.82, 2.24) is 4.90 Å². The van der Waals surface area contributed by atoms with Crippen LogP contribution in [0.3, 0.4) is 0 Å². The number of hydrogen-bond donors (Lipinski definition) is 1. The van der Waals surface area contributed by atoms with Crippen molar-refractivity contribution in [3.63, 3.8) is 0 Å². The summed E-state index contributed by atoms with van der Waals surface area (Å²) in [6, 6.07) is 5.77. The van der Waals surface area contributed by atoms with Crippen molar-refractivity contribution >= 4 is 7.82 Å². The second-order valence-electron chi connectivity index (χ2n) is 8.03. The van der Waals surface area contributed by atoms with Gasteiger partial charge in [0.15, 0.2) is 11.5 Å². The van der Waals surface area contributed by atoms with Crippen LogP contribution in [0, 0.1) is 0 Å². The quantitative estimate of drug-likeness (QED) is 0.754. The minimum atomic E-state index is -3.56. The van der Waals surface area contributed by atoms with Crippen LogP contribution in [0.1, 0.15) is 38.7 Å². The van der Waals surface area contributed by atoms with Gasteiger partial charge in [0.05, 0.1) is 19.3 Å². The zero-order valence-corrected chi connectivity index (χ0v) is 17.6. The summed E-state index contributed by atoms with van der Waals surface area (Å²) in [6.45, 7) is 4.61. The summed E-state index contributed by atoms with van der Waals surface area (Å²) in [5.74, 6) is 1.27. The highest BCUT2D eigenvalue weighted by atomic mass is 31.2. The van der Waals surface area contributed by atoms with E-state index < -0.39 is 7.82 Å². The van der Waals surface area contributed by atoms with Gasteiger partial charge in [-0.25, -0.2) is 4.57 Å². The van der Waals surface area contributed by atoms with Gasteiger partial charge in [-0.15, -0.1) is 0 Å². The maximum Gasteiger partial charge on any atom is 0.530 e. The molecule has 1 aromatic carbocycles. The van der Waals surface area contributed by atoms with E-state index in [-0.39, 0.29) is 29.4 Å². The first-order valence-electron chi connectivity index (χ1n) is 9.69. The molecular formula is C20H28NO6P. The lowest BCUT2D eigenvalue weighted by molar-refractivity contribution is 0.171. The van der Waals surface area contributed by atoms with Crippen molar-refractivity contribution in [2.75, 3.05) is 20.7 Å². The van der Waals surface area contributed by atoms with E-state index in [9.17, 15) is 9.67 Å². The van der Waals surface area contributed by atoms with E-state index in [1.165, 1.54) is 0 Å². The highest BCUT2D eigenvalue weighted by Crippen LogP contribution is 2.60. The fraction of sp³-hybridized carbons (Fsp3) is 0.600. The number of phosphoric ester groups is 1. The number of fused-ring (bicyclic) bond motifs is 1. The molecule has 7 nitrogen and oxygen atoms in total. The number of phenolic OH excluding ortho intramolecular Hbond substituents is 1. The summed E-state index contributed by atoms with van der Waals surface area (Å²) in [7, 11) is 0.0970. The highest BCUT2D eigenvalue weighted by Gasteiger charge is 2.51. The van der Waals surface area contributed by atoms with Gasteiger partial charge < -0.3 is 19.3 Å². The zero-order chi connectivity index (χ0) is 20.1. The number of methoxy groups -OCH3 is 1. The number of phosphoric acid groups is 1. The van der Waals surface area contributed by atoms with Crippen molar-refractivity contribution in [3.05, 3.63) is 35.6 Å². The molecule has 0 aromatic heterocycles. The van der Waals surface area contributed by atoms with E-state index in [2.05, 4.69) is 11.9 Å². The molecule has 0 saturated carbocycles. The molecule has 3 aliphatic rings. The Labute approximate surface area is 165 Å². The van der Waals surface area contributed by atoms with Crippen molar-refractivity contribution in [2.24, 2.45) is 0 Å². The number of rotatable bonds is 4. The Morgan fingerprint density at radius 2 is 2.00 bits per heavy atom. The van der Waals surface area contributed by atoms with Crippen LogP contribution in [-0.2, 0) is 23.6 Å². The molecule has 4 atom stereocenters. The monoisotopic (exact) mass is 409 g/mol. The minimum absolute atomic E-state index is 0.102. The number of likely N-dealkylation sites (tertiary alicyclic amines) is 1. The molecule has 0 radical (unpaired) electrons. The maximum absolute atomic E-state index is 12.8. The SMILES string of the molecule is COc1cc(C23CC=C(OP4(=O)OC(C)C(C)O4)CC2N(C)CC3)ccc1O. The van der Waals surface area contributed by atoms with E-state index in [4.69, 9.17) is 18.3 Å². The van der Waals surface area contributed by atoms with Crippen LogP contribution in [0.15, 0.2) is 30.0 Å². The number of aromatic hydroxyl groups is 1. The van der Waals surface area contributed by atoms with Gasteiger partial charge in [0.25, 0.3) is 0 Å². The van der Waals surface area contributed by atoms with Crippen molar-refractivity contribution in [1.29, 1.82) is 0 Å². The second-order valence-corrected chi connectivity index (χ2v) is 9.53. The molecule has 154 valence electrons. The number of nitrogens with zero attached hydrogens (tertiary/aromatic N) is 1. The summed E-state index contributed by atoms with van der Waals surface area (Å²) in [6.07, 6.45) is 3.86. The van der Waals surface area contributed by atoms with Gasteiger partial charge in [-0.3, -0.25) is 9.05 Å². The molecule has 1 aromatic rings. The molecule has 0 amide bonds. The Bertz CT molecular complexity index is 828. The molecule has 2 saturated heterocycles. The lowest BCUT2D eigenvalue weighted by atomic mass is 9.68. The fourth-order valence-corrected chi connectivity index (χ4v) is 6.32. The van der Waals surface area contributed by atoms with Gasteiger partial charge in [-0.05, 0) is 64.1 Å². The Hall–Kier alpha value is -1.53. The highest BCUT2D eigenvalue weighted by molar-refractivity contribution is 7.48. The number of benzene rings is 1. The number of ether oxygens (including phenoxy) is 1. The zero-order valence-electron chi connectivity index (χ0n) is 16.8. The molecule has 0 spiro atoms. The molecule has 2 heterocycles. The van der Waals surface area contributed by atoms with Crippen LogP contribution >= 0.6 is 7.82 Å². The first kappa shape index (κ1) is 19.8. The van der Waals surface area contributed by atoms with Crippen LogP contribution in [-0.4, -0.2) is 49.0 Å². The first-order chi connectivity index (χ1) is 13.3. The molecule has 2 aliphatic heterocycles. The van der Waals surface area contributed by atoms with Crippen molar-refractivity contribution < 1.29 is 28.0 Å². The topological polar surface area (TPSA) is 77.5 Å². The minimum Gasteiger partial charge on any atom is -0.504 e. The average molecular weight is 409 g/mol. The van der Waals surface area contributed by atoms with Crippen LogP contribution in [0.5, 0.6) is 11.5 Å². The number of allylic oxidation sites excluding steroid dienone is 1. The summed E-state index contributed by atoms with van der Waals surface area (Å²) < 4.78 is 34.8. The van der Waals surface area contributed by atoms with Gasteiger partial charge >= 0.3 is 7.82 Å². The molecule has 4 rings (SSSR count). The molecule has 28 heavy (non-hydrogen) atoms. The maximum atomic E-state index is 12.8. The third kappa shape index (κ3) is 3.24. The smallest absolute Gasteiger partial charge is 0.504 e. The van der Waals surface area contributed by atoms with Crippen molar-refractivity contribution in [2.45, 2.75) is 56.8 Å². The molecule has 1 aliphatic carbocycles. The molecule has 8 heteroatoms. The van der Waals surface area contributed by atoms with E-state index >= 15 is 0 Å². The lowest BCUT2D eigenvalue weighted by Gasteiger charge is -2.41. The van der Waals surface area contributed by atoms with Crippen LogP contribution in [0.25, 0.3) is 0 Å². The number of phenols is 1. The molecule has 1 N–H and O–H groups in total. The van der Waals surface area contributed by atoms with Gasteiger partial charge in [0, 0.05) is 17.9 Å². The summed E-state index contributed by atoms with van der Waals surface area (Å²) >= 11 is 0. The molecular weight excluding hydrogens is 381 g/mol. The van der Waals surface area contributed by atoms with Gasteiger partial charge in [-0.2, -0.15) is 0 Å². The van der Waals surface area contributed by atoms with Gasteiger partial charge in [0.1, 0.15) is 5.76 Å². The number of hydrogen-bond acceptors (Lipinski definition) is 7. The van der Waals surface area contributed by atoms with Crippen molar-refractivity contribution in [3.8, 4) is 11.5 Å². The predicted molar refractivity (Wildman–Crippen MR) is 104 cm³/mol. The third-order valence-electron chi connectivity index (χ3n) is 6.40. The Kier molecular flexibility index (Phi) is 4.99. The standard InChI is InChI=1S/C20H28NO6P/c1-13-14(2)26-28(23,25-13)27-16-7-8-20(9-10-21(3)19(20)12-16)15-5-6-17(22)18(11-15)24-4/h5-7,11,13-14,19,22H,8-10,12H2,1-4H3. The largest absolute Gasteiger partial charge is 0.530 e. The summed E-state index contributed by atoms with van der Waals surface area (Å²) in [5, 5.41) is 9.97. The Balaban J connectivity index is 1.61. The van der Waals surface area contributed by atoms with E-state index in [1.54, 1.807) is 13.2 Å². The predicted octanol–water partition coefficient (Wildman–Crippen LogP) is 3.97. The summed E-state index contributed by atoms with van der Waals surface area (Å²) in [4.78, 5) is 2.31.